The maximum absolute atomic E-state index is 12.1. The summed E-state index contributed by atoms with van der Waals surface area (Å²) in [6, 6.07) is 14.0. The van der Waals surface area contributed by atoms with Crippen LogP contribution >= 0.6 is 23.5 Å². The molecule has 5 nitrogen and oxygen atoms in total. The summed E-state index contributed by atoms with van der Waals surface area (Å²) in [5, 5.41) is 10.2. The minimum atomic E-state index is -0.450. The fourth-order valence-electron chi connectivity index (χ4n) is 1.89. The van der Waals surface area contributed by atoms with E-state index in [4.69, 9.17) is 4.74 Å². The van der Waals surface area contributed by atoms with Gasteiger partial charge in [-0.2, -0.15) is 0 Å². The molecule has 0 aliphatic heterocycles. The Kier molecular flexibility index (Phi) is 6.69. The van der Waals surface area contributed by atoms with Gasteiger partial charge < -0.3 is 4.74 Å². The van der Waals surface area contributed by atoms with E-state index in [2.05, 4.69) is 0 Å². The number of thioether (sulfide) groups is 2. The van der Waals surface area contributed by atoms with Crippen LogP contribution in [0.1, 0.15) is 12.5 Å². The molecule has 0 radical (unpaired) electrons. The van der Waals surface area contributed by atoms with Gasteiger partial charge in [-0.25, -0.2) is 0 Å². The Balaban J connectivity index is 1.85. The maximum atomic E-state index is 12.1. The average Bonchev–Trinajstić information content (AvgIpc) is 2.60. The average molecular weight is 363 g/mol. The van der Waals surface area contributed by atoms with E-state index >= 15 is 0 Å². The zero-order valence-corrected chi connectivity index (χ0v) is 14.9. The molecule has 0 aromatic heterocycles. The molecule has 2 aromatic rings. The second-order valence-electron chi connectivity index (χ2n) is 4.97. The molecule has 7 heteroatoms. The lowest BCUT2D eigenvalue weighted by Crippen LogP contribution is -2.16. The molecule has 24 heavy (non-hydrogen) atoms. The van der Waals surface area contributed by atoms with Crippen molar-refractivity contribution in [2.45, 2.75) is 28.6 Å². The summed E-state index contributed by atoms with van der Waals surface area (Å²) < 4.78 is 5.32. The number of carbonyl (C=O) groups is 1. The van der Waals surface area contributed by atoms with Gasteiger partial charge in [0.25, 0.3) is 5.69 Å². The molecule has 0 bridgehead atoms. The fraction of sp³-hybridized carbons (Fsp3) is 0.235. The second-order valence-corrected chi connectivity index (χ2v) is 7.26. The minimum Gasteiger partial charge on any atom is -0.460 e. The third kappa shape index (κ3) is 5.28. The van der Waals surface area contributed by atoms with Crippen LogP contribution in [0.25, 0.3) is 0 Å². The SMILES string of the molecule is CSc1ccc(COC(=O)[C@H](C)Sc2ccc([N+](=O)[O-])cc2)cc1. The van der Waals surface area contributed by atoms with E-state index in [1.807, 2.05) is 30.5 Å². The van der Waals surface area contributed by atoms with Crippen molar-refractivity contribution in [1.29, 1.82) is 0 Å². The van der Waals surface area contributed by atoms with Gasteiger partial charge in [-0.3, -0.25) is 14.9 Å². The number of non-ortho nitro benzene ring substituents is 1. The molecule has 0 amide bonds. The first-order valence-corrected chi connectivity index (χ1v) is 9.30. The van der Waals surface area contributed by atoms with Crippen molar-refractivity contribution in [3.8, 4) is 0 Å². The third-order valence-corrected chi connectivity index (χ3v) is 5.07. The van der Waals surface area contributed by atoms with Gasteiger partial charge in [0, 0.05) is 21.9 Å². The molecule has 1 atom stereocenters. The van der Waals surface area contributed by atoms with Crippen molar-refractivity contribution in [2.75, 3.05) is 6.26 Å². The van der Waals surface area contributed by atoms with Crippen molar-refractivity contribution in [1.82, 2.24) is 0 Å². The Morgan fingerprint density at radius 3 is 2.25 bits per heavy atom. The van der Waals surface area contributed by atoms with Crippen LogP contribution in [0.5, 0.6) is 0 Å². The monoisotopic (exact) mass is 363 g/mol. The highest BCUT2D eigenvalue weighted by Crippen LogP contribution is 2.26. The molecular formula is C17H17NO4S2. The molecule has 0 aliphatic carbocycles. The lowest BCUT2D eigenvalue weighted by Gasteiger charge is -2.11. The summed E-state index contributed by atoms with van der Waals surface area (Å²) in [4.78, 5) is 24.2. The van der Waals surface area contributed by atoms with Crippen LogP contribution in [-0.4, -0.2) is 22.4 Å². The Hall–Kier alpha value is -1.99. The van der Waals surface area contributed by atoms with Crippen molar-refractivity contribution in [3.63, 3.8) is 0 Å². The molecule has 0 saturated carbocycles. The number of esters is 1. The number of carbonyl (C=O) groups excluding carboxylic acids is 1. The van der Waals surface area contributed by atoms with E-state index < -0.39 is 10.2 Å². The standard InChI is InChI=1S/C17H17NO4S2/c1-12(24-16-9-5-14(6-10-16)18(20)21)17(19)22-11-13-3-7-15(23-2)8-4-13/h3-10,12H,11H2,1-2H3/t12-/m0/s1. The lowest BCUT2D eigenvalue weighted by molar-refractivity contribution is -0.384. The molecule has 0 aliphatic rings. The highest BCUT2D eigenvalue weighted by Gasteiger charge is 2.16. The number of hydrogen-bond donors (Lipinski definition) is 0. The number of nitro groups is 1. The largest absolute Gasteiger partial charge is 0.460 e. The summed E-state index contributed by atoms with van der Waals surface area (Å²) in [7, 11) is 0. The number of hydrogen-bond acceptors (Lipinski definition) is 6. The van der Waals surface area contributed by atoms with Crippen LogP contribution in [-0.2, 0) is 16.1 Å². The quantitative estimate of drug-likeness (QED) is 0.311. The van der Waals surface area contributed by atoms with Crippen LogP contribution < -0.4 is 0 Å². The van der Waals surface area contributed by atoms with Crippen molar-refractivity contribution in [2.24, 2.45) is 0 Å². The zero-order valence-electron chi connectivity index (χ0n) is 13.3. The summed E-state index contributed by atoms with van der Waals surface area (Å²) in [6.07, 6.45) is 2.01. The van der Waals surface area contributed by atoms with Gasteiger partial charge in [-0.15, -0.1) is 23.5 Å². The van der Waals surface area contributed by atoms with Crippen LogP contribution in [0.2, 0.25) is 0 Å². The van der Waals surface area contributed by atoms with Gasteiger partial charge in [-0.05, 0) is 43.0 Å². The smallest absolute Gasteiger partial charge is 0.319 e. The predicted octanol–water partition coefficient (Wildman–Crippen LogP) is 4.54. The Bertz CT molecular complexity index is 702. The van der Waals surface area contributed by atoms with Crippen LogP contribution in [0.4, 0.5) is 5.69 Å². The molecule has 2 rings (SSSR count). The van der Waals surface area contributed by atoms with E-state index in [1.54, 1.807) is 30.8 Å². The molecule has 0 fully saturated rings. The van der Waals surface area contributed by atoms with Gasteiger partial charge in [0.05, 0.1) is 4.92 Å². The van der Waals surface area contributed by atoms with Gasteiger partial charge >= 0.3 is 5.97 Å². The number of nitrogens with zero attached hydrogens (tertiary/aromatic N) is 1. The summed E-state index contributed by atoms with van der Waals surface area (Å²) >= 11 is 2.97. The first-order valence-electron chi connectivity index (χ1n) is 7.20. The van der Waals surface area contributed by atoms with E-state index in [1.165, 1.54) is 23.9 Å². The topological polar surface area (TPSA) is 69.4 Å². The summed E-state index contributed by atoms with van der Waals surface area (Å²) in [6.45, 7) is 1.99. The van der Waals surface area contributed by atoms with Crippen molar-refractivity contribution >= 4 is 35.2 Å². The Morgan fingerprint density at radius 1 is 1.12 bits per heavy atom. The van der Waals surface area contributed by atoms with Crippen molar-refractivity contribution < 1.29 is 14.5 Å². The van der Waals surface area contributed by atoms with E-state index in [0.717, 1.165) is 15.4 Å². The van der Waals surface area contributed by atoms with Gasteiger partial charge in [0.2, 0.25) is 0 Å². The van der Waals surface area contributed by atoms with E-state index in [9.17, 15) is 14.9 Å². The number of rotatable bonds is 7. The predicted molar refractivity (Wildman–Crippen MR) is 96.4 cm³/mol. The lowest BCUT2D eigenvalue weighted by atomic mass is 10.2. The highest BCUT2D eigenvalue weighted by atomic mass is 32.2. The van der Waals surface area contributed by atoms with E-state index in [-0.39, 0.29) is 18.3 Å². The van der Waals surface area contributed by atoms with Gasteiger partial charge in [0.15, 0.2) is 0 Å². The first kappa shape index (κ1) is 18.4. The molecule has 2 aromatic carbocycles. The Labute approximate surface area is 148 Å². The molecule has 0 heterocycles. The van der Waals surface area contributed by atoms with Gasteiger partial charge in [0.1, 0.15) is 11.9 Å². The summed E-state index contributed by atoms with van der Waals surface area (Å²) in [5.74, 6) is -0.313. The summed E-state index contributed by atoms with van der Waals surface area (Å²) in [5.41, 5.74) is 0.969. The molecule has 0 spiro atoms. The van der Waals surface area contributed by atoms with Crippen molar-refractivity contribution in [3.05, 3.63) is 64.2 Å². The molecule has 0 unspecified atom stereocenters. The number of benzene rings is 2. The molecule has 0 saturated heterocycles. The number of ether oxygens (including phenoxy) is 1. The third-order valence-electron chi connectivity index (χ3n) is 3.23. The Morgan fingerprint density at radius 2 is 1.71 bits per heavy atom. The normalized spacial score (nSPS) is 11.8. The molecule has 0 N–H and O–H groups in total. The van der Waals surface area contributed by atoms with E-state index in [0.29, 0.717) is 0 Å². The number of nitro benzene ring substituents is 1. The molecule has 126 valence electrons. The maximum Gasteiger partial charge on any atom is 0.319 e. The van der Waals surface area contributed by atoms with Crippen LogP contribution in [0, 0.1) is 10.1 Å². The second kappa shape index (κ2) is 8.75. The fourth-order valence-corrected chi connectivity index (χ4v) is 3.17. The molecular weight excluding hydrogens is 346 g/mol. The van der Waals surface area contributed by atoms with Crippen LogP contribution in [0.15, 0.2) is 58.3 Å². The zero-order chi connectivity index (χ0) is 17.5. The van der Waals surface area contributed by atoms with Gasteiger partial charge in [-0.1, -0.05) is 12.1 Å². The minimum absolute atomic E-state index is 0.0308. The highest BCUT2D eigenvalue weighted by molar-refractivity contribution is 8.00. The first-order chi connectivity index (χ1) is 11.5. The van der Waals surface area contributed by atoms with Crippen LogP contribution in [0.3, 0.4) is 0 Å².